The predicted molar refractivity (Wildman–Crippen MR) is 82.2 cm³/mol. The van der Waals surface area contributed by atoms with Crippen molar-refractivity contribution < 1.29 is 0 Å². The zero-order valence-electron chi connectivity index (χ0n) is 12.4. The SMILES string of the molecule is CCc1ccc(C(C)NC2CCCCC2CN)cc1. The first-order valence-electron chi connectivity index (χ1n) is 7.79. The topological polar surface area (TPSA) is 38.0 Å². The molecular formula is C17H28N2. The molecule has 1 aromatic carbocycles. The number of hydrogen-bond acceptors (Lipinski definition) is 2. The summed E-state index contributed by atoms with van der Waals surface area (Å²) in [5, 5.41) is 3.79. The van der Waals surface area contributed by atoms with Crippen LogP contribution in [0.5, 0.6) is 0 Å². The van der Waals surface area contributed by atoms with Gasteiger partial charge in [0.05, 0.1) is 0 Å². The number of rotatable bonds is 5. The summed E-state index contributed by atoms with van der Waals surface area (Å²) in [4.78, 5) is 0. The van der Waals surface area contributed by atoms with Crippen LogP contribution < -0.4 is 11.1 Å². The molecule has 0 bridgehead atoms. The normalized spacial score (nSPS) is 25.2. The second-order valence-electron chi connectivity index (χ2n) is 5.87. The summed E-state index contributed by atoms with van der Waals surface area (Å²) in [6, 6.07) is 10.0. The molecule has 3 N–H and O–H groups in total. The first-order valence-corrected chi connectivity index (χ1v) is 7.79. The van der Waals surface area contributed by atoms with Crippen LogP contribution in [0.15, 0.2) is 24.3 Å². The van der Waals surface area contributed by atoms with E-state index in [-0.39, 0.29) is 0 Å². The van der Waals surface area contributed by atoms with Crippen molar-refractivity contribution in [2.45, 2.75) is 58.0 Å². The molecule has 1 aromatic rings. The number of nitrogens with two attached hydrogens (primary N) is 1. The molecule has 0 saturated heterocycles. The van der Waals surface area contributed by atoms with Crippen molar-refractivity contribution in [2.24, 2.45) is 11.7 Å². The lowest BCUT2D eigenvalue weighted by molar-refractivity contribution is 0.252. The second kappa shape index (κ2) is 7.06. The highest BCUT2D eigenvalue weighted by molar-refractivity contribution is 5.24. The second-order valence-corrected chi connectivity index (χ2v) is 5.87. The van der Waals surface area contributed by atoms with Crippen molar-refractivity contribution in [3.63, 3.8) is 0 Å². The predicted octanol–water partition coefficient (Wildman–Crippen LogP) is 3.42. The van der Waals surface area contributed by atoms with Gasteiger partial charge in [0.1, 0.15) is 0 Å². The van der Waals surface area contributed by atoms with E-state index in [1.165, 1.54) is 36.8 Å². The van der Waals surface area contributed by atoms with Gasteiger partial charge in [0.25, 0.3) is 0 Å². The van der Waals surface area contributed by atoms with Crippen molar-refractivity contribution in [1.82, 2.24) is 5.32 Å². The number of benzene rings is 1. The van der Waals surface area contributed by atoms with E-state index < -0.39 is 0 Å². The Balaban J connectivity index is 1.96. The molecule has 3 unspecified atom stereocenters. The summed E-state index contributed by atoms with van der Waals surface area (Å²) < 4.78 is 0. The molecule has 19 heavy (non-hydrogen) atoms. The van der Waals surface area contributed by atoms with E-state index >= 15 is 0 Å². The Morgan fingerprint density at radius 2 is 1.89 bits per heavy atom. The van der Waals surface area contributed by atoms with E-state index in [1.807, 2.05) is 0 Å². The van der Waals surface area contributed by atoms with Crippen LogP contribution in [-0.2, 0) is 6.42 Å². The fraction of sp³-hybridized carbons (Fsp3) is 0.647. The highest BCUT2D eigenvalue weighted by Gasteiger charge is 2.25. The molecule has 0 aromatic heterocycles. The van der Waals surface area contributed by atoms with Crippen LogP contribution in [0, 0.1) is 5.92 Å². The average molecular weight is 260 g/mol. The third-order valence-corrected chi connectivity index (χ3v) is 4.56. The molecule has 2 heteroatoms. The van der Waals surface area contributed by atoms with Gasteiger partial charge in [0, 0.05) is 12.1 Å². The van der Waals surface area contributed by atoms with Gasteiger partial charge in [-0.2, -0.15) is 0 Å². The van der Waals surface area contributed by atoms with Crippen LogP contribution in [0.1, 0.15) is 56.7 Å². The van der Waals surface area contributed by atoms with Gasteiger partial charge < -0.3 is 11.1 Å². The first-order chi connectivity index (χ1) is 9.24. The third-order valence-electron chi connectivity index (χ3n) is 4.56. The molecule has 1 aliphatic rings. The van der Waals surface area contributed by atoms with E-state index in [0.29, 0.717) is 18.0 Å². The Morgan fingerprint density at radius 1 is 1.21 bits per heavy atom. The molecule has 2 nitrogen and oxygen atoms in total. The maximum Gasteiger partial charge on any atom is 0.0294 e. The summed E-state index contributed by atoms with van der Waals surface area (Å²) >= 11 is 0. The quantitative estimate of drug-likeness (QED) is 0.851. The molecule has 0 aliphatic heterocycles. The zero-order valence-corrected chi connectivity index (χ0v) is 12.4. The van der Waals surface area contributed by atoms with Gasteiger partial charge in [-0.25, -0.2) is 0 Å². The number of hydrogen-bond donors (Lipinski definition) is 2. The molecule has 0 amide bonds. The van der Waals surface area contributed by atoms with Crippen LogP contribution in [0.4, 0.5) is 0 Å². The Hall–Kier alpha value is -0.860. The van der Waals surface area contributed by atoms with Crippen molar-refractivity contribution in [3.8, 4) is 0 Å². The Labute approximate surface area is 117 Å². The molecular weight excluding hydrogens is 232 g/mol. The molecule has 0 heterocycles. The maximum absolute atomic E-state index is 5.91. The van der Waals surface area contributed by atoms with Crippen molar-refractivity contribution in [1.29, 1.82) is 0 Å². The molecule has 1 aliphatic carbocycles. The molecule has 3 atom stereocenters. The first kappa shape index (κ1) is 14.5. The molecule has 1 saturated carbocycles. The third kappa shape index (κ3) is 3.80. The lowest BCUT2D eigenvalue weighted by Crippen LogP contribution is -2.42. The van der Waals surface area contributed by atoms with E-state index in [9.17, 15) is 0 Å². The summed E-state index contributed by atoms with van der Waals surface area (Å²) in [5.41, 5.74) is 8.70. The lowest BCUT2D eigenvalue weighted by atomic mass is 9.84. The van der Waals surface area contributed by atoms with E-state index in [4.69, 9.17) is 5.73 Å². The van der Waals surface area contributed by atoms with Crippen LogP contribution in [0.3, 0.4) is 0 Å². The smallest absolute Gasteiger partial charge is 0.0294 e. The molecule has 106 valence electrons. The minimum absolute atomic E-state index is 0.419. The largest absolute Gasteiger partial charge is 0.330 e. The van der Waals surface area contributed by atoms with Crippen molar-refractivity contribution in [3.05, 3.63) is 35.4 Å². The van der Waals surface area contributed by atoms with Crippen LogP contribution >= 0.6 is 0 Å². The maximum atomic E-state index is 5.91. The van der Waals surface area contributed by atoms with Crippen molar-refractivity contribution in [2.75, 3.05) is 6.54 Å². The monoisotopic (exact) mass is 260 g/mol. The molecule has 2 rings (SSSR count). The summed E-state index contributed by atoms with van der Waals surface area (Å²) in [6.45, 7) is 5.28. The standard InChI is InChI=1S/C17H28N2/c1-3-14-8-10-15(11-9-14)13(2)19-17-7-5-4-6-16(17)12-18/h8-11,13,16-17,19H,3-7,12,18H2,1-2H3. The number of nitrogens with one attached hydrogen (secondary N) is 1. The fourth-order valence-corrected chi connectivity index (χ4v) is 3.17. The van der Waals surface area contributed by atoms with Gasteiger partial charge in [-0.15, -0.1) is 0 Å². The minimum Gasteiger partial charge on any atom is -0.330 e. The molecule has 1 fully saturated rings. The molecule has 0 spiro atoms. The van der Waals surface area contributed by atoms with Crippen molar-refractivity contribution >= 4 is 0 Å². The van der Waals surface area contributed by atoms with Gasteiger partial charge >= 0.3 is 0 Å². The average Bonchev–Trinajstić information content (AvgIpc) is 2.48. The summed E-state index contributed by atoms with van der Waals surface area (Å²) in [7, 11) is 0. The van der Waals surface area contributed by atoms with Gasteiger partial charge in [-0.3, -0.25) is 0 Å². The van der Waals surface area contributed by atoms with Gasteiger partial charge in [-0.05, 0) is 49.8 Å². The minimum atomic E-state index is 0.419. The highest BCUT2D eigenvalue weighted by Crippen LogP contribution is 2.26. The van der Waals surface area contributed by atoms with Gasteiger partial charge in [0.2, 0.25) is 0 Å². The van der Waals surface area contributed by atoms with Crippen LogP contribution in [-0.4, -0.2) is 12.6 Å². The van der Waals surface area contributed by atoms with E-state index in [0.717, 1.165) is 13.0 Å². The summed E-state index contributed by atoms with van der Waals surface area (Å²) in [6.07, 6.45) is 6.37. The Morgan fingerprint density at radius 3 is 2.53 bits per heavy atom. The van der Waals surface area contributed by atoms with Crippen LogP contribution in [0.25, 0.3) is 0 Å². The summed E-state index contributed by atoms with van der Waals surface area (Å²) in [5.74, 6) is 0.658. The highest BCUT2D eigenvalue weighted by atomic mass is 15.0. The molecule has 0 radical (unpaired) electrons. The van der Waals surface area contributed by atoms with E-state index in [2.05, 4.69) is 43.4 Å². The van der Waals surface area contributed by atoms with Crippen LogP contribution in [0.2, 0.25) is 0 Å². The zero-order chi connectivity index (χ0) is 13.7. The lowest BCUT2D eigenvalue weighted by Gasteiger charge is -2.34. The Bertz CT molecular complexity index is 371. The Kier molecular flexibility index (Phi) is 5.41. The van der Waals surface area contributed by atoms with Gasteiger partial charge in [-0.1, -0.05) is 44.0 Å². The van der Waals surface area contributed by atoms with Gasteiger partial charge in [0.15, 0.2) is 0 Å². The van der Waals surface area contributed by atoms with E-state index in [1.54, 1.807) is 0 Å². The number of aryl methyl sites for hydroxylation is 1. The fourth-order valence-electron chi connectivity index (χ4n) is 3.17.